The topological polar surface area (TPSA) is 65.0 Å². The van der Waals surface area contributed by atoms with Gasteiger partial charge in [0.1, 0.15) is 5.75 Å². The number of benzene rings is 3. The van der Waals surface area contributed by atoms with Gasteiger partial charge in [0.05, 0.1) is 13.0 Å². The van der Waals surface area contributed by atoms with Gasteiger partial charge in [-0.05, 0) is 64.9 Å². The van der Waals surface area contributed by atoms with Crippen LogP contribution in [0.5, 0.6) is 17.2 Å². The van der Waals surface area contributed by atoms with Crippen molar-refractivity contribution >= 4 is 17.7 Å². The number of carboxylic acid groups (broad SMARTS) is 1. The number of fused-ring (bicyclic) bond motifs is 2. The van der Waals surface area contributed by atoms with Crippen LogP contribution in [0.3, 0.4) is 0 Å². The minimum absolute atomic E-state index is 0.188. The summed E-state index contributed by atoms with van der Waals surface area (Å²) >= 11 is 1.66. The Balaban J connectivity index is 1.68. The van der Waals surface area contributed by atoms with E-state index in [1.54, 1.807) is 18.9 Å². The first-order valence-corrected chi connectivity index (χ1v) is 11.3. The van der Waals surface area contributed by atoms with Gasteiger partial charge >= 0.3 is 5.97 Å². The van der Waals surface area contributed by atoms with Gasteiger partial charge in [0.15, 0.2) is 11.5 Å². The van der Waals surface area contributed by atoms with Crippen molar-refractivity contribution in [3.63, 3.8) is 0 Å². The van der Waals surface area contributed by atoms with Gasteiger partial charge in [0.2, 0.25) is 6.79 Å². The summed E-state index contributed by atoms with van der Waals surface area (Å²) in [6.07, 6.45) is 2.03. The first-order valence-electron chi connectivity index (χ1n) is 10.0. The van der Waals surface area contributed by atoms with E-state index in [2.05, 4.69) is 18.2 Å². The number of rotatable bonds is 5. The second kappa shape index (κ2) is 7.85. The Hall–Kier alpha value is -3.12. The highest BCUT2D eigenvalue weighted by Crippen LogP contribution is 2.54. The van der Waals surface area contributed by atoms with Gasteiger partial charge in [0.25, 0.3) is 0 Å². The van der Waals surface area contributed by atoms with Crippen molar-refractivity contribution < 1.29 is 24.1 Å². The number of methoxy groups -OCH3 is 1. The fraction of sp³-hybridized carbons (Fsp3) is 0.240. The van der Waals surface area contributed by atoms with Crippen LogP contribution in [0.2, 0.25) is 0 Å². The van der Waals surface area contributed by atoms with E-state index in [4.69, 9.17) is 14.2 Å². The first-order chi connectivity index (χ1) is 15.1. The molecule has 0 saturated heterocycles. The predicted octanol–water partition coefficient (Wildman–Crippen LogP) is 5.12. The molecule has 1 heterocycles. The second-order valence-corrected chi connectivity index (χ2v) is 8.58. The maximum Gasteiger partial charge on any atom is 0.308 e. The molecule has 0 radical (unpaired) electrons. The molecule has 1 aliphatic heterocycles. The van der Waals surface area contributed by atoms with Gasteiger partial charge in [-0.2, -0.15) is 0 Å². The molecular formula is C25H22O5S. The average molecular weight is 435 g/mol. The summed E-state index contributed by atoms with van der Waals surface area (Å²) in [7, 11) is 1.63. The Morgan fingerprint density at radius 3 is 2.35 bits per heavy atom. The number of aliphatic carboxylic acids is 1. The smallest absolute Gasteiger partial charge is 0.308 e. The molecule has 3 atom stereocenters. The lowest BCUT2D eigenvalue weighted by molar-refractivity contribution is -0.142. The highest BCUT2D eigenvalue weighted by Gasteiger charge is 2.46. The van der Waals surface area contributed by atoms with Gasteiger partial charge in [-0.25, -0.2) is 0 Å². The van der Waals surface area contributed by atoms with E-state index < -0.39 is 11.9 Å². The molecule has 6 heteroatoms. The molecule has 1 N–H and O–H groups in total. The van der Waals surface area contributed by atoms with E-state index in [9.17, 15) is 9.90 Å². The van der Waals surface area contributed by atoms with Crippen molar-refractivity contribution in [3.05, 3.63) is 82.9 Å². The Bertz CT molecular complexity index is 1140. The predicted molar refractivity (Wildman–Crippen MR) is 119 cm³/mol. The van der Waals surface area contributed by atoms with Gasteiger partial charge in [-0.15, -0.1) is 11.8 Å². The molecule has 0 bridgehead atoms. The van der Waals surface area contributed by atoms with Crippen LogP contribution >= 0.6 is 11.8 Å². The molecule has 2 aliphatic rings. The van der Waals surface area contributed by atoms with Crippen LogP contribution in [0, 0.1) is 5.92 Å². The van der Waals surface area contributed by atoms with Crippen molar-refractivity contribution in [2.24, 2.45) is 5.92 Å². The lowest BCUT2D eigenvalue weighted by atomic mass is 9.79. The van der Waals surface area contributed by atoms with Crippen LogP contribution in [-0.2, 0) is 4.79 Å². The number of carbonyl (C=O) groups is 1. The zero-order valence-corrected chi connectivity index (χ0v) is 18.0. The Morgan fingerprint density at radius 1 is 0.935 bits per heavy atom. The summed E-state index contributed by atoms with van der Waals surface area (Å²) in [5.41, 5.74) is 4.00. The molecule has 0 amide bonds. The van der Waals surface area contributed by atoms with Gasteiger partial charge < -0.3 is 19.3 Å². The zero-order valence-electron chi connectivity index (χ0n) is 17.2. The summed E-state index contributed by atoms with van der Waals surface area (Å²) in [6, 6.07) is 19.7. The molecule has 3 aromatic rings. The van der Waals surface area contributed by atoms with Crippen molar-refractivity contribution in [2.75, 3.05) is 20.2 Å². The average Bonchev–Trinajstić information content (AvgIpc) is 3.40. The molecule has 0 fully saturated rings. The lowest BCUT2D eigenvalue weighted by Crippen LogP contribution is -2.23. The molecule has 3 aromatic carbocycles. The Labute approximate surface area is 185 Å². The number of carboxylic acids is 1. The van der Waals surface area contributed by atoms with Crippen LogP contribution in [0.15, 0.2) is 65.6 Å². The van der Waals surface area contributed by atoms with Crippen molar-refractivity contribution in [3.8, 4) is 17.2 Å². The third kappa shape index (κ3) is 3.31. The molecule has 158 valence electrons. The quantitative estimate of drug-likeness (QED) is 0.562. The third-order valence-electron chi connectivity index (χ3n) is 6.20. The van der Waals surface area contributed by atoms with Crippen LogP contribution < -0.4 is 14.2 Å². The molecule has 5 rings (SSSR count). The maximum atomic E-state index is 12.7. The normalized spacial score (nSPS) is 21.0. The molecule has 31 heavy (non-hydrogen) atoms. The third-order valence-corrected chi connectivity index (χ3v) is 6.92. The minimum atomic E-state index is -0.814. The van der Waals surface area contributed by atoms with Crippen LogP contribution in [0.1, 0.15) is 34.1 Å². The monoisotopic (exact) mass is 434 g/mol. The molecule has 5 nitrogen and oxygen atoms in total. The summed E-state index contributed by atoms with van der Waals surface area (Å²) in [4.78, 5) is 13.8. The summed E-state index contributed by atoms with van der Waals surface area (Å²) < 4.78 is 16.3. The number of hydrogen-bond acceptors (Lipinski definition) is 5. The largest absolute Gasteiger partial charge is 0.497 e. The fourth-order valence-corrected chi connectivity index (χ4v) is 5.24. The Morgan fingerprint density at radius 2 is 1.65 bits per heavy atom. The highest BCUT2D eigenvalue weighted by atomic mass is 32.2. The van der Waals surface area contributed by atoms with Crippen molar-refractivity contribution in [2.45, 2.75) is 16.7 Å². The van der Waals surface area contributed by atoms with Crippen LogP contribution in [0.25, 0.3) is 0 Å². The van der Waals surface area contributed by atoms with Crippen molar-refractivity contribution in [1.29, 1.82) is 0 Å². The van der Waals surface area contributed by atoms with Crippen molar-refractivity contribution in [1.82, 2.24) is 0 Å². The SMILES string of the molecule is COc1ccc(C2c3cc(SC)ccc3C(c3ccc4c(c3)OCO4)C2C(=O)O)cc1. The van der Waals surface area contributed by atoms with Crippen LogP contribution in [0.4, 0.5) is 0 Å². The Kier molecular flexibility index (Phi) is 5.02. The second-order valence-electron chi connectivity index (χ2n) is 7.70. The van der Waals surface area contributed by atoms with E-state index in [0.717, 1.165) is 32.9 Å². The van der Waals surface area contributed by atoms with E-state index in [1.807, 2.05) is 48.7 Å². The van der Waals surface area contributed by atoms with Gasteiger partial charge in [0, 0.05) is 16.7 Å². The number of thioether (sulfide) groups is 1. The fourth-order valence-electron chi connectivity index (χ4n) is 4.79. The molecule has 1 aliphatic carbocycles. The highest BCUT2D eigenvalue weighted by molar-refractivity contribution is 7.98. The summed E-state index contributed by atoms with van der Waals surface area (Å²) in [5.74, 6) is 0.103. The molecule has 0 saturated carbocycles. The first kappa shape index (κ1) is 19.8. The zero-order chi connectivity index (χ0) is 21.5. The summed E-state index contributed by atoms with van der Waals surface area (Å²) in [6.45, 7) is 0.188. The maximum absolute atomic E-state index is 12.7. The van der Waals surface area contributed by atoms with E-state index in [-0.39, 0.29) is 18.6 Å². The van der Waals surface area contributed by atoms with Gasteiger partial charge in [-0.3, -0.25) is 4.79 Å². The number of ether oxygens (including phenoxy) is 3. The van der Waals surface area contributed by atoms with Gasteiger partial charge in [-0.1, -0.05) is 24.3 Å². The van der Waals surface area contributed by atoms with Crippen LogP contribution in [-0.4, -0.2) is 31.2 Å². The molecular weight excluding hydrogens is 412 g/mol. The number of hydrogen-bond donors (Lipinski definition) is 1. The minimum Gasteiger partial charge on any atom is -0.497 e. The van der Waals surface area contributed by atoms with E-state index in [1.165, 1.54) is 0 Å². The summed E-state index contributed by atoms with van der Waals surface area (Å²) in [5, 5.41) is 10.4. The molecule has 3 unspecified atom stereocenters. The lowest BCUT2D eigenvalue weighted by Gasteiger charge is -2.23. The molecule has 0 aromatic heterocycles. The van der Waals surface area contributed by atoms with E-state index >= 15 is 0 Å². The van der Waals surface area contributed by atoms with E-state index in [0.29, 0.717) is 11.5 Å². The molecule has 0 spiro atoms. The standard InChI is InChI=1S/C25H22O5S/c1-28-16-6-3-14(4-7-16)22-19-12-17(31-2)8-9-18(19)23(24(22)25(26)27)15-5-10-20-21(11-15)30-13-29-20/h3-12,22-24H,13H2,1-2H3,(H,26,27).